The number of aryl methyl sites for hydroxylation is 1. The second kappa shape index (κ2) is 5.14. The predicted octanol–water partition coefficient (Wildman–Crippen LogP) is 2.79. The van der Waals surface area contributed by atoms with Gasteiger partial charge in [-0.1, -0.05) is 41.6 Å². The maximum atomic E-state index is 11.5. The molecule has 0 unspecified atom stereocenters. The molecule has 0 fully saturated rings. The summed E-state index contributed by atoms with van der Waals surface area (Å²) in [4.78, 5) is 1.79. The van der Waals surface area contributed by atoms with E-state index in [2.05, 4.69) is 0 Å². The number of benzene rings is 2. The lowest BCUT2D eigenvalue weighted by Crippen LogP contribution is -2.13. The summed E-state index contributed by atoms with van der Waals surface area (Å²) in [6, 6.07) is 14.6. The van der Waals surface area contributed by atoms with Crippen LogP contribution in [0.4, 0.5) is 0 Å². The molecule has 5 heteroatoms. The van der Waals surface area contributed by atoms with Crippen LogP contribution >= 0.6 is 11.8 Å². The Balaban J connectivity index is 2.38. The maximum Gasteiger partial charge on any atom is 0.239 e. The maximum absolute atomic E-state index is 11.5. The first kappa shape index (κ1) is 13.1. The van der Waals surface area contributed by atoms with Gasteiger partial charge in [0.05, 0.1) is 4.90 Å². The van der Waals surface area contributed by atoms with Gasteiger partial charge in [0.15, 0.2) is 0 Å². The lowest BCUT2D eigenvalue weighted by atomic mass is 10.2. The summed E-state index contributed by atoms with van der Waals surface area (Å²) in [7, 11) is -3.68. The molecule has 18 heavy (non-hydrogen) atoms. The van der Waals surface area contributed by atoms with Crippen molar-refractivity contribution >= 4 is 21.8 Å². The second-order valence-electron chi connectivity index (χ2n) is 3.91. The molecule has 3 nitrogen and oxygen atoms in total. The summed E-state index contributed by atoms with van der Waals surface area (Å²) < 4.78 is 22.9. The van der Waals surface area contributed by atoms with E-state index in [1.807, 2.05) is 31.2 Å². The zero-order valence-electron chi connectivity index (χ0n) is 9.83. The summed E-state index contributed by atoms with van der Waals surface area (Å²) in [5.41, 5.74) is 1.17. The van der Waals surface area contributed by atoms with Crippen molar-refractivity contribution in [3.8, 4) is 0 Å². The first-order valence-corrected chi connectivity index (χ1v) is 7.69. The van der Waals surface area contributed by atoms with Gasteiger partial charge in [-0.2, -0.15) is 0 Å². The minimum Gasteiger partial charge on any atom is -0.225 e. The molecule has 0 aliphatic rings. The van der Waals surface area contributed by atoms with Crippen LogP contribution in [-0.4, -0.2) is 8.42 Å². The van der Waals surface area contributed by atoms with Crippen molar-refractivity contribution in [1.29, 1.82) is 0 Å². The van der Waals surface area contributed by atoms with Crippen LogP contribution in [0.2, 0.25) is 0 Å². The van der Waals surface area contributed by atoms with Gasteiger partial charge < -0.3 is 0 Å². The zero-order valence-corrected chi connectivity index (χ0v) is 11.5. The van der Waals surface area contributed by atoms with Crippen LogP contribution in [0.1, 0.15) is 5.56 Å². The number of rotatable bonds is 3. The number of hydrogen-bond donors (Lipinski definition) is 1. The van der Waals surface area contributed by atoms with E-state index in [0.717, 1.165) is 4.90 Å². The van der Waals surface area contributed by atoms with Crippen LogP contribution in [0.3, 0.4) is 0 Å². The fourth-order valence-corrected chi connectivity index (χ4v) is 3.43. The Morgan fingerprint density at radius 1 is 1.00 bits per heavy atom. The molecule has 0 aliphatic carbocycles. The monoisotopic (exact) mass is 279 g/mol. The number of nitrogens with two attached hydrogens (primary N) is 1. The molecule has 0 amide bonds. The average Bonchev–Trinajstić information content (AvgIpc) is 2.31. The van der Waals surface area contributed by atoms with E-state index in [1.165, 1.54) is 23.4 Å². The summed E-state index contributed by atoms with van der Waals surface area (Å²) in [6.07, 6.45) is 0. The third-order valence-electron chi connectivity index (χ3n) is 2.40. The predicted molar refractivity (Wildman–Crippen MR) is 73.1 cm³/mol. The van der Waals surface area contributed by atoms with E-state index in [4.69, 9.17) is 5.14 Å². The van der Waals surface area contributed by atoms with Gasteiger partial charge in [-0.05, 0) is 31.2 Å². The van der Waals surface area contributed by atoms with E-state index in [0.29, 0.717) is 4.90 Å². The standard InChI is InChI=1S/C13H13NO2S2/c1-10-6-8-11(9-7-10)17-12-4-2-3-5-13(12)18(14,15)16/h2-9H,1H3,(H2,14,15,16). The Morgan fingerprint density at radius 3 is 2.22 bits per heavy atom. The quantitative estimate of drug-likeness (QED) is 0.939. The van der Waals surface area contributed by atoms with Crippen molar-refractivity contribution in [3.63, 3.8) is 0 Å². The molecule has 0 atom stereocenters. The SMILES string of the molecule is Cc1ccc(Sc2ccccc2S(N)(=O)=O)cc1. The normalized spacial score (nSPS) is 11.4. The Labute approximate surface area is 111 Å². The first-order chi connectivity index (χ1) is 8.47. The van der Waals surface area contributed by atoms with Crippen molar-refractivity contribution in [2.75, 3.05) is 0 Å². The van der Waals surface area contributed by atoms with E-state index < -0.39 is 10.0 Å². The molecule has 0 saturated heterocycles. The Morgan fingerprint density at radius 2 is 1.61 bits per heavy atom. The molecular formula is C13H13NO2S2. The molecule has 0 spiro atoms. The summed E-state index contributed by atoms with van der Waals surface area (Å²) in [5, 5.41) is 5.19. The minimum atomic E-state index is -3.68. The van der Waals surface area contributed by atoms with E-state index in [1.54, 1.807) is 18.2 Å². The van der Waals surface area contributed by atoms with Gasteiger partial charge in [0.1, 0.15) is 0 Å². The van der Waals surface area contributed by atoms with E-state index >= 15 is 0 Å². The highest BCUT2D eigenvalue weighted by Gasteiger charge is 2.13. The van der Waals surface area contributed by atoms with Crippen LogP contribution in [0.15, 0.2) is 63.2 Å². The molecule has 0 radical (unpaired) electrons. The minimum absolute atomic E-state index is 0.163. The van der Waals surface area contributed by atoms with Crippen LogP contribution in [0.5, 0.6) is 0 Å². The average molecular weight is 279 g/mol. The molecule has 0 bridgehead atoms. The van der Waals surface area contributed by atoms with Crippen LogP contribution in [-0.2, 0) is 10.0 Å². The summed E-state index contributed by atoms with van der Waals surface area (Å²) in [6.45, 7) is 2.01. The Hall–Kier alpha value is -1.30. The van der Waals surface area contributed by atoms with Crippen molar-refractivity contribution in [3.05, 3.63) is 54.1 Å². The van der Waals surface area contributed by atoms with Gasteiger partial charge in [-0.15, -0.1) is 0 Å². The summed E-state index contributed by atoms with van der Waals surface area (Å²) >= 11 is 1.39. The lowest BCUT2D eigenvalue weighted by Gasteiger charge is -2.07. The lowest BCUT2D eigenvalue weighted by molar-refractivity contribution is 0.596. The molecule has 0 aromatic heterocycles. The largest absolute Gasteiger partial charge is 0.239 e. The Kier molecular flexibility index (Phi) is 3.75. The molecular weight excluding hydrogens is 266 g/mol. The third-order valence-corrected chi connectivity index (χ3v) is 4.59. The van der Waals surface area contributed by atoms with Gasteiger partial charge in [-0.3, -0.25) is 0 Å². The molecule has 0 aliphatic heterocycles. The third kappa shape index (κ3) is 3.13. The highest BCUT2D eigenvalue weighted by Crippen LogP contribution is 2.32. The van der Waals surface area contributed by atoms with E-state index in [-0.39, 0.29) is 4.90 Å². The van der Waals surface area contributed by atoms with Crippen LogP contribution in [0, 0.1) is 6.92 Å². The molecule has 94 valence electrons. The molecule has 0 heterocycles. The molecule has 2 N–H and O–H groups in total. The van der Waals surface area contributed by atoms with Gasteiger partial charge >= 0.3 is 0 Å². The fraction of sp³-hybridized carbons (Fsp3) is 0.0769. The van der Waals surface area contributed by atoms with Gasteiger partial charge in [0, 0.05) is 9.79 Å². The molecule has 2 aromatic rings. The molecule has 0 saturated carbocycles. The number of hydrogen-bond acceptors (Lipinski definition) is 3. The highest BCUT2D eigenvalue weighted by atomic mass is 32.2. The van der Waals surface area contributed by atoms with Gasteiger partial charge in [0.2, 0.25) is 10.0 Å². The highest BCUT2D eigenvalue weighted by molar-refractivity contribution is 8.00. The zero-order chi connectivity index (χ0) is 13.2. The van der Waals surface area contributed by atoms with Crippen molar-refractivity contribution < 1.29 is 8.42 Å². The van der Waals surface area contributed by atoms with E-state index in [9.17, 15) is 8.42 Å². The number of sulfonamides is 1. The first-order valence-electron chi connectivity index (χ1n) is 5.33. The van der Waals surface area contributed by atoms with Crippen LogP contribution in [0.25, 0.3) is 0 Å². The fourth-order valence-electron chi connectivity index (χ4n) is 1.50. The van der Waals surface area contributed by atoms with Crippen molar-refractivity contribution in [2.45, 2.75) is 21.6 Å². The van der Waals surface area contributed by atoms with Crippen molar-refractivity contribution in [1.82, 2.24) is 0 Å². The van der Waals surface area contributed by atoms with Gasteiger partial charge in [-0.25, -0.2) is 13.6 Å². The van der Waals surface area contributed by atoms with Crippen molar-refractivity contribution in [2.24, 2.45) is 5.14 Å². The molecule has 2 rings (SSSR count). The van der Waals surface area contributed by atoms with Gasteiger partial charge in [0.25, 0.3) is 0 Å². The summed E-state index contributed by atoms with van der Waals surface area (Å²) in [5.74, 6) is 0. The number of primary sulfonamides is 1. The topological polar surface area (TPSA) is 60.2 Å². The Bertz CT molecular complexity index is 649. The smallest absolute Gasteiger partial charge is 0.225 e. The molecule has 2 aromatic carbocycles. The van der Waals surface area contributed by atoms with Crippen LogP contribution < -0.4 is 5.14 Å². The second-order valence-corrected chi connectivity index (χ2v) is 6.55.